The monoisotopic (exact) mass is 750 g/mol. The number of nitrogens with zero attached hydrogens (tertiary/aromatic N) is 2. The lowest BCUT2D eigenvalue weighted by atomic mass is 10.0. The summed E-state index contributed by atoms with van der Waals surface area (Å²) in [6, 6.07) is 32.4. The third-order valence-electron chi connectivity index (χ3n) is 9.22. The van der Waals surface area contributed by atoms with Gasteiger partial charge in [0.05, 0.1) is 76.2 Å². The predicted octanol–water partition coefficient (Wildman–Crippen LogP) is 8.67. The Morgan fingerprint density at radius 2 is 0.821 bits per heavy atom. The summed E-state index contributed by atoms with van der Waals surface area (Å²) in [4.78, 5) is 37.8. The van der Waals surface area contributed by atoms with Gasteiger partial charge in [-0.3, -0.25) is 9.59 Å². The molecule has 2 amide bonds. The summed E-state index contributed by atoms with van der Waals surface area (Å²) < 4.78 is 33.3. The SMILES string of the molecule is COc1cc(-c2cc(C(=O)Nc3cccc(NC(=O)c4cc(-c5cc(OC)c(OC)c(OC)c5)nc5ccccc45)c3)c3ccccc3n2)cc(OC)c1OC. The van der Waals surface area contributed by atoms with Gasteiger partial charge in [0.1, 0.15) is 0 Å². The first-order valence-corrected chi connectivity index (χ1v) is 17.4. The van der Waals surface area contributed by atoms with Gasteiger partial charge in [-0.1, -0.05) is 42.5 Å². The zero-order valence-electron chi connectivity index (χ0n) is 31.6. The Morgan fingerprint density at radius 1 is 0.446 bits per heavy atom. The van der Waals surface area contributed by atoms with Crippen LogP contribution in [-0.4, -0.2) is 64.4 Å². The van der Waals surface area contributed by atoms with E-state index in [0.717, 1.165) is 0 Å². The molecule has 2 heterocycles. The molecule has 12 nitrogen and oxygen atoms in total. The Balaban J connectivity index is 1.20. The highest BCUT2D eigenvalue weighted by molar-refractivity contribution is 6.15. The van der Waals surface area contributed by atoms with Crippen LogP contribution in [0, 0.1) is 0 Å². The van der Waals surface area contributed by atoms with E-state index in [1.165, 1.54) is 14.2 Å². The van der Waals surface area contributed by atoms with Crippen molar-refractivity contribution in [1.82, 2.24) is 9.97 Å². The number of aromatic nitrogens is 2. The Morgan fingerprint density at radius 3 is 1.18 bits per heavy atom. The van der Waals surface area contributed by atoms with Gasteiger partial charge in [-0.05, 0) is 66.7 Å². The number of methoxy groups -OCH3 is 6. The molecule has 2 aromatic heterocycles. The second-order valence-corrected chi connectivity index (χ2v) is 12.5. The van der Waals surface area contributed by atoms with Crippen molar-refractivity contribution < 1.29 is 38.0 Å². The summed E-state index contributed by atoms with van der Waals surface area (Å²) >= 11 is 0. The van der Waals surface area contributed by atoms with Crippen LogP contribution in [0.3, 0.4) is 0 Å². The zero-order valence-corrected chi connectivity index (χ0v) is 31.6. The molecule has 0 bridgehead atoms. The summed E-state index contributed by atoms with van der Waals surface area (Å²) in [5.74, 6) is 1.99. The maximum atomic E-state index is 14.0. The number of carbonyl (C=O) groups is 2. The van der Waals surface area contributed by atoms with Gasteiger partial charge in [-0.2, -0.15) is 0 Å². The molecule has 56 heavy (non-hydrogen) atoms. The number of carbonyl (C=O) groups excluding carboxylic acids is 2. The number of ether oxygens (including phenoxy) is 6. The number of anilines is 2. The lowest BCUT2D eigenvalue weighted by Gasteiger charge is -2.16. The first-order valence-electron chi connectivity index (χ1n) is 17.4. The zero-order chi connectivity index (χ0) is 39.3. The fourth-order valence-corrected chi connectivity index (χ4v) is 6.55. The first-order chi connectivity index (χ1) is 27.3. The van der Waals surface area contributed by atoms with Crippen molar-refractivity contribution in [2.24, 2.45) is 0 Å². The third kappa shape index (κ3) is 7.15. The van der Waals surface area contributed by atoms with Crippen LogP contribution >= 0.6 is 0 Å². The summed E-state index contributed by atoms with van der Waals surface area (Å²) in [5, 5.41) is 7.34. The van der Waals surface area contributed by atoms with E-state index in [0.29, 0.717) is 101 Å². The number of rotatable bonds is 12. The third-order valence-corrected chi connectivity index (χ3v) is 9.22. The normalized spacial score (nSPS) is 10.8. The van der Waals surface area contributed by atoms with Gasteiger partial charge >= 0.3 is 0 Å². The van der Waals surface area contributed by atoms with Gasteiger partial charge in [0.2, 0.25) is 11.5 Å². The Bertz CT molecular complexity index is 2400. The molecule has 0 aliphatic carbocycles. The lowest BCUT2D eigenvalue weighted by Crippen LogP contribution is -2.15. The predicted molar refractivity (Wildman–Crippen MR) is 216 cm³/mol. The van der Waals surface area contributed by atoms with E-state index in [9.17, 15) is 9.59 Å². The standard InChI is InChI=1S/C44H38N4O8/c1-51-37-18-25(19-38(52-2)41(37)55-5)35-23-31(29-14-7-9-16-33(29)47-35)43(49)45-27-12-11-13-28(22-27)46-44(50)32-24-36(48-34-17-10-8-15-30(32)34)26-20-39(53-3)42(56-6)40(21-26)54-4/h7-24H,1-6H3,(H,45,49)(H,46,50). The molecule has 0 saturated heterocycles. The summed E-state index contributed by atoms with van der Waals surface area (Å²) in [7, 11) is 9.23. The molecule has 2 N–H and O–H groups in total. The minimum Gasteiger partial charge on any atom is -0.493 e. The topological polar surface area (TPSA) is 139 Å². The molecule has 0 aliphatic rings. The van der Waals surface area contributed by atoms with E-state index in [2.05, 4.69) is 10.6 Å². The molecular formula is C44H38N4O8. The van der Waals surface area contributed by atoms with E-state index in [-0.39, 0.29) is 11.8 Å². The lowest BCUT2D eigenvalue weighted by molar-refractivity contribution is 0.102. The van der Waals surface area contributed by atoms with Crippen LogP contribution in [0.2, 0.25) is 0 Å². The average Bonchev–Trinajstić information content (AvgIpc) is 3.24. The van der Waals surface area contributed by atoms with E-state index in [1.54, 1.807) is 89.1 Å². The molecule has 5 aromatic carbocycles. The molecule has 0 spiro atoms. The van der Waals surface area contributed by atoms with Crippen molar-refractivity contribution >= 4 is 45.0 Å². The fraction of sp³-hybridized carbons (Fsp3) is 0.136. The maximum absolute atomic E-state index is 14.0. The quantitative estimate of drug-likeness (QED) is 0.125. The van der Waals surface area contributed by atoms with Gasteiger partial charge in [0.25, 0.3) is 11.8 Å². The van der Waals surface area contributed by atoms with Crippen molar-refractivity contribution in [1.29, 1.82) is 0 Å². The van der Waals surface area contributed by atoms with Crippen LogP contribution in [0.5, 0.6) is 34.5 Å². The first kappa shape index (κ1) is 37.0. The van der Waals surface area contributed by atoms with Crippen molar-refractivity contribution in [2.75, 3.05) is 53.3 Å². The number of para-hydroxylation sites is 2. The molecule has 0 unspecified atom stereocenters. The smallest absolute Gasteiger partial charge is 0.256 e. The molecule has 0 aliphatic heterocycles. The molecule has 0 atom stereocenters. The molecule has 7 rings (SSSR count). The molecule has 0 saturated carbocycles. The average molecular weight is 751 g/mol. The van der Waals surface area contributed by atoms with Crippen LogP contribution in [0.1, 0.15) is 20.7 Å². The maximum Gasteiger partial charge on any atom is 0.256 e. The van der Waals surface area contributed by atoms with Crippen LogP contribution in [0.4, 0.5) is 11.4 Å². The highest BCUT2D eigenvalue weighted by Crippen LogP contribution is 2.43. The number of fused-ring (bicyclic) bond motifs is 2. The summed E-state index contributed by atoms with van der Waals surface area (Å²) in [5.41, 5.74) is 5.39. The fourth-order valence-electron chi connectivity index (χ4n) is 6.55. The number of benzene rings is 5. The minimum absolute atomic E-state index is 0.365. The van der Waals surface area contributed by atoms with Gasteiger partial charge in [-0.15, -0.1) is 0 Å². The van der Waals surface area contributed by atoms with E-state index >= 15 is 0 Å². The largest absolute Gasteiger partial charge is 0.493 e. The molecule has 282 valence electrons. The second-order valence-electron chi connectivity index (χ2n) is 12.5. The highest BCUT2D eigenvalue weighted by atomic mass is 16.5. The van der Waals surface area contributed by atoms with E-state index in [1.807, 2.05) is 48.5 Å². The number of pyridine rings is 2. The summed E-state index contributed by atoms with van der Waals surface area (Å²) in [6.07, 6.45) is 0. The Hall–Kier alpha value is -7.34. The molecule has 12 heteroatoms. The highest BCUT2D eigenvalue weighted by Gasteiger charge is 2.21. The van der Waals surface area contributed by atoms with Gasteiger partial charge < -0.3 is 39.1 Å². The molecule has 7 aromatic rings. The molecule has 0 radical (unpaired) electrons. The number of nitrogens with one attached hydrogen (secondary N) is 2. The van der Waals surface area contributed by atoms with Gasteiger partial charge in [0.15, 0.2) is 23.0 Å². The van der Waals surface area contributed by atoms with E-state index < -0.39 is 0 Å². The van der Waals surface area contributed by atoms with Crippen LogP contribution in [0.15, 0.2) is 109 Å². The molecular weight excluding hydrogens is 713 g/mol. The minimum atomic E-state index is -0.365. The second kappa shape index (κ2) is 15.9. The number of hydrogen-bond donors (Lipinski definition) is 2. The van der Waals surface area contributed by atoms with Crippen molar-refractivity contribution in [3.63, 3.8) is 0 Å². The van der Waals surface area contributed by atoms with E-state index in [4.69, 9.17) is 38.4 Å². The van der Waals surface area contributed by atoms with Gasteiger partial charge in [0, 0.05) is 33.3 Å². The van der Waals surface area contributed by atoms with Crippen LogP contribution in [0.25, 0.3) is 44.3 Å². The van der Waals surface area contributed by atoms with Crippen molar-refractivity contribution in [2.45, 2.75) is 0 Å². The Labute approximate surface area is 322 Å². The van der Waals surface area contributed by atoms with Crippen LogP contribution in [-0.2, 0) is 0 Å². The number of hydrogen-bond acceptors (Lipinski definition) is 10. The number of amides is 2. The van der Waals surface area contributed by atoms with Crippen molar-refractivity contribution in [3.8, 4) is 57.0 Å². The van der Waals surface area contributed by atoms with Gasteiger partial charge in [-0.25, -0.2) is 9.97 Å². The van der Waals surface area contributed by atoms with Crippen LogP contribution < -0.4 is 39.1 Å². The van der Waals surface area contributed by atoms with Crippen molar-refractivity contribution in [3.05, 3.63) is 120 Å². The summed E-state index contributed by atoms with van der Waals surface area (Å²) in [6.45, 7) is 0. The Kier molecular flexibility index (Phi) is 10.5. The molecule has 0 fully saturated rings.